The Hall–Kier alpha value is -2.42. The lowest BCUT2D eigenvalue weighted by Crippen LogP contribution is -2.23. The number of hydrogen-bond donors (Lipinski definition) is 3. The van der Waals surface area contributed by atoms with E-state index in [1.165, 1.54) is 18.3 Å². The Labute approximate surface area is 219 Å². The summed E-state index contributed by atoms with van der Waals surface area (Å²) in [4.78, 5) is 25.6. The molecule has 0 aliphatic rings. The van der Waals surface area contributed by atoms with E-state index in [2.05, 4.69) is 19.6 Å². The number of halogens is 6. The van der Waals surface area contributed by atoms with Crippen LogP contribution in [0.3, 0.4) is 0 Å². The van der Waals surface area contributed by atoms with Crippen molar-refractivity contribution in [3.05, 3.63) is 51.2 Å². The smallest absolute Gasteiger partial charge is 0.469 e. The molecule has 3 heterocycles. The van der Waals surface area contributed by atoms with Gasteiger partial charge >= 0.3 is 14.0 Å². The van der Waals surface area contributed by atoms with Crippen LogP contribution in [-0.2, 0) is 15.3 Å². The summed E-state index contributed by atoms with van der Waals surface area (Å²) in [6.07, 6.45) is -3.94. The number of rotatable bonds is 8. The number of aromatic nitrogens is 4. The van der Waals surface area contributed by atoms with Crippen molar-refractivity contribution >= 4 is 48.3 Å². The molecule has 0 unspecified atom stereocenters. The highest BCUT2D eigenvalue weighted by Gasteiger charge is 2.32. The predicted molar refractivity (Wildman–Crippen MR) is 123 cm³/mol. The Bertz CT molecular complexity index is 1510. The largest absolute Gasteiger partial charge is 0.489 e. The van der Waals surface area contributed by atoms with Crippen molar-refractivity contribution in [2.45, 2.75) is 12.3 Å². The fourth-order valence-corrected chi connectivity index (χ4v) is 4.06. The summed E-state index contributed by atoms with van der Waals surface area (Å²) in [6.45, 7) is -1.11. The summed E-state index contributed by atoms with van der Waals surface area (Å²) < 4.78 is 65.7. The molecule has 3 N–H and O–H groups in total. The summed E-state index contributed by atoms with van der Waals surface area (Å²) >= 11 is 18.4. The zero-order chi connectivity index (χ0) is 27.1. The van der Waals surface area contributed by atoms with Crippen LogP contribution in [0.25, 0.3) is 28.6 Å². The van der Waals surface area contributed by atoms with Crippen molar-refractivity contribution in [3.63, 3.8) is 0 Å². The van der Waals surface area contributed by atoms with Gasteiger partial charge in [0, 0.05) is 24.0 Å². The van der Waals surface area contributed by atoms with Crippen molar-refractivity contribution in [2.24, 2.45) is 0 Å². The molecule has 0 spiro atoms. The highest BCUT2D eigenvalue weighted by molar-refractivity contribution is 7.46. The lowest BCUT2D eigenvalue weighted by molar-refractivity contribution is -0.137. The lowest BCUT2D eigenvalue weighted by Gasteiger charge is -2.14. The van der Waals surface area contributed by atoms with E-state index in [1.54, 1.807) is 0 Å². The zero-order valence-electron chi connectivity index (χ0n) is 17.9. The van der Waals surface area contributed by atoms with Crippen molar-refractivity contribution in [1.82, 2.24) is 19.5 Å². The van der Waals surface area contributed by atoms with Crippen LogP contribution in [0.4, 0.5) is 13.2 Å². The van der Waals surface area contributed by atoms with Gasteiger partial charge in [-0.2, -0.15) is 18.2 Å². The van der Waals surface area contributed by atoms with E-state index < -0.39 is 38.9 Å². The quantitative estimate of drug-likeness (QED) is 0.238. The van der Waals surface area contributed by atoms with Crippen LogP contribution in [0.5, 0.6) is 5.75 Å². The molecular formula is C19H13Cl3F3N4O7P. The van der Waals surface area contributed by atoms with E-state index in [9.17, 15) is 22.8 Å². The van der Waals surface area contributed by atoms with Gasteiger partial charge in [-0.05, 0) is 12.1 Å². The highest BCUT2D eigenvalue weighted by atomic mass is 35.5. The number of phosphoric ester groups is 1. The molecule has 0 fully saturated rings. The van der Waals surface area contributed by atoms with E-state index in [-0.39, 0.29) is 49.4 Å². The average Bonchev–Trinajstić information content (AvgIpc) is 3.44. The second-order valence-electron chi connectivity index (χ2n) is 7.37. The first kappa shape index (κ1) is 27.6. The molecular weight excluding hydrogens is 591 g/mol. The van der Waals surface area contributed by atoms with Gasteiger partial charge in [0.2, 0.25) is 5.82 Å². The molecule has 1 atom stereocenters. The molecule has 0 saturated carbocycles. The monoisotopic (exact) mass is 602 g/mol. The number of fused-ring (bicyclic) bond motifs is 1. The van der Waals surface area contributed by atoms with E-state index in [4.69, 9.17) is 53.8 Å². The van der Waals surface area contributed by atoms with Crippen LogP contribution in [0, 0.1) is 0 Å². The summed E-state index contributed by atoms with van der Waals surface area (Å²) in [5.41, 5.74) is -0.666. The molecule has 1 aromatic carbocycles. The minimum Gasteiger partial charge on any atom is -0.489 e. The molecule has 18 heteroatoms. The predicted octanol–water partition coefficient (Wildman–Crippen LogP) is 4.88. The van der Waals surface area contributed by atoms with E-state index in [0.717, 1.165) is 16.7 Å². The third kappa shape index (κ3) is 6.54. The first-order chi connectivity index (χ1) is 17.2. The number of aliphatic hydroxyl groups excluding tert-OH is 1. The second-order valence-corrected chi connectivity index (χ2v) is 9.83. The van der Waals surface area contributed by atoms with Crippen LogP contribution in [0.1, 0.15) is 5.56 Å². The summed E-state index contributed by atoms with van der Waals surface area (Å²) in [7, 11) is -4.76. The Morgan fingerprint density at radius 3 is 2.46 bits per heavy atom. The van der Waals surface area contributed by atoms with Gasteiger partial charge in [0.05, 0.1) is 27.2 Å². The van der Waals surface area contributed by atoms with Crippen molar-refractivity contribution in [3.8, 4) is 28.7 Å². The van der Waals surface area contributed by atoms with Gasteiger partial charge < -0.3 is 28.6 Å². The number of pyridine rings is 1. The van der Waals surface area contributed by atoms with Crippen molar-refractivity contribution < 1.29 is 46.4 Å². The summed E-state index contributed by atoms with van der Waals surface area (Å²) in [5.74, 6) is -0.128. The number of phosphoric acid groups is 1. The van der Waals surface area contributed by atoms with Gasteiger partial charge in [-0.3, -0.25) is 4.52 Å². The van der Waals surface area contributed by atoms with Gasteiger partial charge in [-0.25, -0.2) is 9.55 Å². The third-order valence-electron chi connectivity index (χ3n) is 4.61. The minimum absolute atomic E-state index is 0.0213. The van der Waals surface area contributed by atoms with Crippen LogP contribution < -0.4 is 4.74 Å². The van der Waals surface area contributed by atoms with Crippen LogP contribution in [0.2, 0.25) is 15.1 Å². The highest BCUT2D eigenvalue weighted by Crippen LogP contribution is 2.38. The van der Waals surface area contributed by atoms with Crippen LogP contribution in [-0.4, -0.2) is 53.7 Å². The fraction of sp³-hybridized carbons (Fsp3) is 0.211. The molecule has 0 aliphatic heterocycles. The number of imidazole rings is 1. The zero-order valence-corrected chi connectivity index (χ0v) is 21.0. The van der Waals surface area contributed by atoms with Gasteiger partial charge in [0.25, 0.3) is 5.89 Å². The Morgan fingerprint density at radius 2 is 1.78 bits per heavy atom. The topological polar surface area (TPSA) is 152 Å². The molecule has 4 aromatic rings. The first-order valence-corrected chi connectivity index (χ1v) is 12.5. The maximum atomic E-state index is 13.1. The second kappa shape index (κ2) is 10.4. The van der Waals surface area contributed by atoms with Crippen LogP contribution in [0.15, 0.2) is 35.1 Å². The number of nitrogens with zero attached hydrogens (tertiary/aromatic N) is 4. The standard InChI is InChI=1S/C19H13Cl3F3N4O7P/c20-11-3-15(34-6-9(30)7-35-37(31,32)33)12(21)2-10(11)16-27-18(36-28-16)14-5-29-4-8(19(23,24)25)1-13(22)17(29)26-14/h1-5,9,30H,6-7H2,(H2,31,32,33)/t9-/m0/s1. The fourth-order valence-electron chi connectivity index (χ4n) is 2.98. The maximum absolute atomic E-state index is 13.1. The van der Waals surface area contributed by atoms with Gasteiger partial charge in [-0.1, -0.05) is 40.0 Å². The van der Waals surface area contributed by atoms with Gasteiger partial charge in [-0.15, -0.1) is 0 Å². The van der Waals surface area contributed by atoms with Gasteiger partial charge in [0.15, 0.2) is 5.65 Å². The number of alkyl halides is 3. The Kier molecular flexibility index (Phi) is 7.75. The molecule has 37 heavy (non-hydrogen) atoms. The lowest BCUT2D eigenvalue weighted by atomic mass is 10.2. The van der Waals surface area contributed by atoms with E-state index >= 15 is 0 Å². The van der Waals surface area contributed by atoms with Gasteiger partial charge in [0.1, 0.15) is 24.2 Å². The number of benzene rings is 1. The molecule has 0 saturated heterocycles. The minimum atomic E-state index is -4.76. The number of hydrogen-bond acceptors (Lipinski definition) is 8. The summed E-state index contributed by atoms with van der Waals surface area (Å²) in [5, 5.41) is 13.4. The summed E-state index contributed by atoms with van der Waals surface area (Å²) in [6, 6.07) is 3.37. The first-order valence-electron chi connectivity index (χ1n) is 9.81. The van der Waals surface area contributed by atoms with Crippen molar-refractivity contribution in [1.29, 1.82) is 0 Å². The molecule has 3 aromatic heterocycles. The molecule has 4 rings (SSSR count). The SMILES string of the molecule is O=P(O)(O)OC[C@@H](O)COc1cc(Cl)c(-c2noc(-c3cn4cc(C(F)(F)F)cc(Cl)c4n3)n2)cc1Cl. The molecule has 0 bridgehead atoms. The molecule has 0 aliphatic carbocycles. The third-order valence-corrected chi connectivity index (χ3v) is 5.98. The number of aliphatic hydroxyl groups is 1. The Morgan fingerprint density at radius 1 is 1.05 bits per heavy atom. The van der Waals surface area contributed by atoms with Crippen LogP contribution >= 0.6 is 42.6 Å². The molecule has 198 valence electrons. The maximum Gasteiger partial charge on any atom is 0.469 e. The normalized spacial score (nSPS) is 13.3. The number of ether oxygens (including phenoxy) is 1. The van der Waals surface area contributed by atoms with Crippen molar-refractivity contribution in [2.75, 3.05) is 13.2 Å². The van der Waals surface area contributed by atoms with E-state index in [0.29, 0.717) is 0 Å². The molecule has 0 amide bonds. The van der Waals surface area contributed by atoms with E-state index in [1.807, 2.05) is 0 Å². The molecule has 11 nitrogen and oxygen atoms in total. The Balaban J connectivity index is 1.54. The molecule has 0 radical (unpaired) electrons. The average molecular weight is 604 g/mol.